The maximum absolute atomic E-state index is 5.69. The molecule has 2 heterocycles. The third-order valence-corrected chi connectivity index (χ3v) is 4.41. The van der Waals surface area contributed by atoms with Gasteiger partial charge in [-0.2, -0.15) is 0 Å². The van der Waals surface area contributed by atoms with Crippen LogP contribution in [-0.4, -0.2) is 64.1 Å². The van der Waals surface area contributed by atoms with E-state index in [4.69, 9.17) is 9.47 Å². The van der Waals surface area contributed by atoms with Crippen molar-refractivity contribution < 1.29 is 9.47 Å². The van der Waals surface area contributed by atoms with Crippen molar-refractivity contribution in [2.45, 2.75) is 38.2 Å². The fraction of sp³-hybridized carbons (Fsp3) is 1.00. The molecular weight excluding hydrogens is 240 g/mol. The van der Waals surface area contributed by atoms with Gasteiger partial charge in [0.25, 0.3) is 0 Å². The molecule has 0 saturated carbocycles. The molecule has 2 saturated heterocycles. The molecule has 0 bridgehead atoms. The van der Waals surface area contributed by atoms with E-state index >= 15 is 0 Å². The second-order valence-corrected chi connectivity index (χ2v) is 5.91. The minimum Gasteiger partial charge on any atom is -0.383 e. The van der Waals surface area contributed by atoms with Gasteiger partial charge in [-0.25, -0.2) is 0 Å². The summed E-state index contributed by atoms with van der Waals surface area (Å²) in [5.41, 5.74) is 0. The van der Waals surface area contributed by atoms with Gasteiger partial charge in [0.15, 0.2) is 0 Å². The fourth-order valence-electron chi connectivity index (χ4n) is 3.09. The van der Waals surface area contributed by atoms with Crippen molar-refractivity contribution in [3.63, 3.8) is 0 Å². The molecule has 0 radical (unpaired) electrons. The van der Waals surface area contributed by atoms with E-state index in [9.17, 15) is 0 Å². The number of rotatable bonds is 8. The largest absolute Gasteiger partial charge is 0.383 e. The molecule has 4 nitrogen and oxygen atoms in total. The average Bonchev–Trinajstić information content (AvgIpc) is 2.96. The van der Waals surface area contributed by atoms with Gasteiger partial charge in [0.05, 0.1) is 12.7 Å². The monoisotopic (exact) mass is 270 g/mol. The van der Waals surface area contributed by atoms with Gasteiger partial charge in [-0.05, 0) is 57.7 Å². The molecule has 2 fully saturated rings. The van der Waals surface area contributed by atoms with Crippen LogP contribution in [-0.2, 0) is 9.47 Å². The lowest BCUT2D eigenvalue weighted by molar-refractivity contribution is 0.0849. The molecule has 1 atom stereocenters. The Morgan fingerprint density at radius 1 is 1.26 bits per heavy atom. The first-order valence-corrected chi connectivity index (χ1v) is 7.92. The lowest BCUT2D eigenvalue weighted by Gasteiger charge is -2.32. The number of methoxy groups -OCH3 is 1. The van der Waals surface area contributed by atoms with E-state index in [2.05, 4.69) is 10.2 Å². The van der Waals surface area contributed by atoms with Crippen molar-refractivity contribution in [3.8, 4) is 0 Å². The summed E-state index contributed by atoms with van der Waals surface area (Å²) in [5.74, 6) is 0.857. The molecule has 1 N–H and O–H groups in total. The summed E-state index contributed by atoms with van der Waals surface area (Å²) < 4.78 is 10.7. The van der Waals surface area contributed by atoms with Crippen LogP contribution in [0, 0.1) is 5.92 Å². The number of piperidine rings is 1. The number of nitrogens with zero attached hydrogens (tertiary/aromatic N) is 1. The molecule has 0 aromatic carbocycles. The Bertz CT molecular complexity index is 224. The summed E-state index contributed by atoms with van der Waals surface area (Å²) in [6.45, 7) is 7.71. The molecule has 112 valence electrons. The zero-order valence-corrected chi connectivity index (χ0v) is 12.4. The van der Waals surface area contributed by atoms with Crippen molar-refractivity contribution in [1.82, 2.24) is 10.2 Å². The first-order valence-electron chi connectivity index (χ1n) is 7.92. The van der Waals surface area contributed by atoms with E-state index in [1.807, 2.05) is 0 Å². The predicted molar refractivity (Wildman–Crippen MR) is 77.5 cm³/mol. The second kappa shape index (κ2) is 8.90. The smallest absolute Gasteiger partial charge is 0.0588 e. The average molecular weight is 270 g/mol. The van der Waals surface area contributed by atoms with Gasteiger partial charge in [-0.15, -0.1) is 0 Å². The van der Waals surface area contributed by atoms with E-state index in [1.165, 1.54) is 51.7 Å². The normalized spacial score (nSPS) is 26.1. The lowest BCUT2D eigenvalue weighted by atomic mass is 9.96. The molecule has 0 spiro atoms. The van der Waals surface area contributed by atoms with Gasteiger partial charge in [0, 0.05) is 26.8 Å². The first kappa shape index (κ1) is 15.2. The Kier molecular flexibility index (Phi) is 7.14. The molecule has 19 heavy (non-hydrogen) atoms. The quantitative estimate of drug-likeness (QED) is 0.678. The van der Waals surface area contributed by atoms with Gasteiger partial charge < -0.3 is 19.7 Å². The summed E-state index contributed by atoms with van der Waals surface area (Å²) in [7, 11) is 1.76. The molecule has 2 aliphatic heterocycles. The minimum absolute atomic E-state index is 0.549. The van der Waals surface area contributed by atoms with Crippen molar-refractivity contribution >= 4 is 0 Å². The number of ether oxygens (including phenoxy) is 2. The highest BCUT2D eigenvalue weighted by Gasteiger charge is 2.21. The number of likely N-dealkylation sites (tertiary alicyclic amines) is 1. The maximum Gasteiger partial charge on any atom is 0.0588 e. The van der Waals surface area contributed by atoms with Gasteiger partial charge in [0.1, 0.15) is 0 Å². The van der Waals surface area contributed by atoms with E-state index in [1.54, 1.807) is 7.11 Å². The standard InChI is InChI=1S/C15H30N2O2/c1-18-12-7-16-13-14-4-8-17(9-5-14)10-6-15-3-2-11-19-15/h14-16H,2-13H2,1H3. The van der Waals surface area contributed by atoms with E-state index in [-0.39, 0.29) is 0 Å². The first-order chi connectivity index (χ1) is 9.38. The summed E-state index contributed by atoms with van der Waals surface area (Å²) in [6.07, 6.45) is 7.00. The van der Waals surface area contributed by atoms with Crippen LogP contribution in [0.25, 0.3) is 0 Å². The fourth-order valence-corrected chi connectivity index (χ4v) is 3.09. The Morgan fingerprint density at radius 3 is 2.79 bits per heavy atom. The van der Waals surface area contributed by atoms with Gasteiger partial charge >= 0.3 is 0 Å². The Balaban J connectivity index is 1.49. The van der Waals surface area contributed by atoms with Crippen LogP contribution in [0.15, 0.2) is 0 Å². The van der Waals surface area contributed by atoms with Crippen molar-refractivity contribution in [1.29, 1.82) is 0 Å². The number of hydrogen-bond acceptors (Lipinski definition) is 4. The highest BCUT2D eigenvalue weighted by atomic mass is 16.5. The second-order valence-electron chi connectivity index (χ2n) is 5.91. The zero-order valence-electron chi connectivity index (χ0n) is 12.4. The van der Waals surface area contributed by atoms with Crippen molar-refractivity contribution in [2.24, 2.45) is 5.92 Å². The van der Waals surface area contributed by atoms with Gasteiger partial charge in [0.2, 0.25) is 0 Å². The van der Waals surface area contributed by atoms with Crippen molar-refractivity contribution in [2.75, 3.05) is 53.0 Å². The van der Waals surface area contributed by atoms with Crippen LogP contribution in [0.5, 0.6) is 0 Å². The van der Waals surface area contributed by atoms with Crippen LogP contribution in [0.3, 0.4) is 0 Å². The zero-order chi connectivity index (χ0) is 13.3. The molecular formula is C15H30N2O2. The Hall–Kier alpha value is -0.160. The molecule has 2 aliphatic rings. The minimum atomic E-state index is 0.549. The van der Waals surface area contributed by atoms with Crippen LogP contribution in [0.4, 0.5) is 0 Å². The molecule has 1 unspecified atom stereocenters. The highest BCUT2D eigenvalue weighted by molar-refractivity contribution is 4.75. The van der Waals surface area contributed by atoms with Crippen molar-refractivity contribution in [3.05, 3.63) is 0 Å². The molecule has 0 amide bonds. The summed E-state index contributed by atoms with van der Waals surface area (Å²) >= 11 is 0. The predicted octanol–water partition coefficient (Wildman–Crippen LogP) is 1.50. The highest BCUT2D eigenvalue weighted by Crippen LogP contribution is 2.19. The van der Waals surface area contributed by atoms with Crippen LogP contribution in [0.1, 0.15) is 32.1 Å². The van der Waals surface area contributed by atoms with E-state index in [0.717, 1.165) is 32.2 Å². The van der Waals surface area contributed by atoms with E-state index in [0.29, 0.717) is 6.10 Å². The van der Waals surface area contributed by atoms with Crippen LogP contribution in [0.2, 0.25) is 0 Å². The van der Waals surface area contributed by atoms with E-state index < -0.39 is 0 Å². The lowest BCUT2D eigenvalue weighted by Crippen LogP contribution is -2.39. The SMILES string of the molecule is COCCNCC1CCN(CCC2CCCO2)CC1. The van der Waals surface area contributed by atoms with Crippen LogP contribution >= 0.6 is 0 Å². The molecule has 4 heteroatoms. The third kappa shape index (κ3) is 5.78. The third-order valence-electron chi connectivity index (χ3n) is 4.41. The van der Waals surface area contributed by atoms with Crippen LogP contribution < -0.4 is 5.32 Å². The Morgan fingerprint density at radius 2 is 2.11 bits per heavy atom. The van der Waals surface area contributed by atoms with Gasteiger partial charge in [-0.3, -0.25) is 0 Å². The molecule has 2 rings (SSSR count). The topological polar surface area (TPSA) is 33.7 Å². The molecule has 0 aliphatic carbocycles. The summed E-state index contributed by atoms with van der Waals surface area (Å²) in [4.78, 5) is 2.62. The van der Waals surface area contributed by atoms with Gasteiger partial charge in [-0.1, -0.05) is 0 Å². The Labute approximate surface area is 117 Å². The summed E-state index contributed by atoms with van der Waals surface area (Å²) in [6, 6.07) is 0. The number of nitrogens with one attached hydrogen (secondary N) is 1. The summed E-state index contributed by atoms with van der Waals surface area (Å²) in [5, 5.41) is 3.48. The molecule has 0 aromatic heterocycles. The number of hydrogen-bond donors (Lipinski definition) is 1. The maximum atomic E-state index is 5.69. The molecule has 0 aromatic rings.